The van der Waals surface area contributed by atoms with Crippen LogP contribution in [0.15, 0.2) is 6.07 Å². The molecule has 4 nitrogen and oxygen atoms in total. The Bertz CT molecular complexity index is 548. The third-order valence-electron chi connectivity index (χ3n) is 2.82. The van der Waals surface area contributed by atoms with E-state index < -0.39 is 9.84 Å². The number of sulfone groups is 1. The van der Waals surface area contributed by atoms with Crippen molar-refractivity contribution in [2.75, 3.05) is 11.5 Å². The molecule has 0 saturated carbocycles. The summed E-state index contributed by atoms with van der Waals surface area (Å²) in [6.45, 7) is 2.02. The fourth-order valence-corrected chi connectivity index (χ4v) is 3.91. The number of rotatable bonds is 2. The van der Waals surface area contributed by atoms with Gasteiger partial charge in [-0.3, -0.25) is 0 Å². The fraction of sp³-hybridized carbons (Fsp3) is 0.600. The van der Waals surface area contributed by atoms with Crippen molar-refractivity contribution in [1.29, 1.82) is 0 Å². The maximum atomic E-state index is 11.4. The van der Waals surface area contributed by atoms with E-state index in [4.69, 9.17) is 12.2 Å². The number of aromatic nitrogens is 2. The molecule has 1 atom stereocenters. The van der Waals surface area contributed by atoms with E-state index in [0.29, 0.717) is 11.1 Å². The first kappa shape index (κ1) is 11.7. The second kappa shape index (κ2) is 4.25. The standard InChI is InChI=1S/C10H14N2O2S2/c1-2-8-5-9(15)12-10(11-8)7-3-4-16(13,14)6-7/h5,7H,2-4,6H2,1H3,(H,11,12,15). The molecular formula is C10H14N2O2S2. The van der Waals surface area contributed by atoms with Crippen LogP contribution in [0.5, 0.6) is 0 Å². The second-order valence-corrected chi connectivity index (χ2v) is 6.73. The number of hydrogen-bond donors (Lipinski definition) is 1. The average molecular weight is 258 g/mol. The molecule has 16 heavy (non-hydrogen) atoms. The smallest absolute Gasteiger partial charge is 0.151 e. The van der Waals surface area contributed by atoms with E-state index in [0.717, 1.165) is 17.9 Å². The molecule has 1 fully saturated rings. The highest BCUT2D eigenvalue weighted by Gasteiger charge is 2.30. The van der Waals surface area contributed by atoms with Crippen LogP contribution in [0.3, 0.4) is 0 Å². The lowest BCUT2D eigenvalue weighted by Gasteiger charge is -2.08. The maximum absolute atomic E-state index is 11.4. The van der Waals surface area contributed by atoms with Crippen LogP contribution in [-0.2, 0) is 16.3 Å². The van der Waals surface area contributed by atoms with Gasteiger partial charge in [0.25, 0.3) is 0 Å². The molecule has 0 radical (unpaired) electrons. The molecule has 1 saturated heterocycles. The Morgan fingerprint density at radius 3 is 2.94 bits per heavy atom. The summed E-state index contributed by atoms with van der Waals surface area (Å²) in [4.78, 5) is 7.40. The lowest BCUT2D eigenvalue weighted by Crippen LogP contribution is -2.08. The Labute approximate surface area is 100 Å². The number of nitrogens with zero attached hydrogens (tertiary/aromatic N) is 1. The van der Waals surface area contributed by atoms with Crippen molar-refractivity contribution >= 4 is 22.1 Å². The van der Waals surface area contributed by atoms with E-state index >= 15 is 0 Å². The third kappa shape index (κ3) is 2.49. The first-order valence-corrected chi connectivity index (χ1v) is 7.53. The molecule has 0 aromatic carbocycles. The molecule has 0 aliphatic carbocycles. The van der Waals surface area contributed by atoms with Crippen molar-refractivity contribution in [2.24, 2.45) is 0 Å². The Hall–Kier alpha value is -0.750. The second-order valence-electron chi connectivity index (χ2n) is 4.08. The molecule has 1 N–H and O–H groups in total. The minimum atomic E-state index is -2.87. The van der Waals surface area contributed by atoms with Crippen LogP contribution in [0.2, 0.25) is 0 Å². The molecule has 88 valence electrons. The Morgan fingerprint density at radius 1 is 1.62 bits per heavy atom. The normalized spacial score (nSPS) is 23.4. The van der Waals surface area contributed by atoms with Crippen LogP contribution >= 0.6 is 12.2 Å². The van der Waals surface area contributed by atoms with Gasteiger partial charge in [-0.05, 0) is 18.9 Å². The zero-order chi connectivity index (χ0) is 11.8. The molecule has 1 aliphatic heterocycles. The molecule has 1 unspecified atom stereocenters. The number of aryl methyl sites for hydroxylation is 1. The van der Waals surface area contributed by atoms with Crippen LogP contribution in [0.4, 0.5) is 0 Å². The maximum Gasteiger partial charge on any atom is 0.151 e. The van der Waals surface area contributed by atoms with E-state index in [1.165, 1.54) is 0 Å². The molecule has 0 bridgehead atoms. The van der Waals surface area contributed by atoms with Gasteiger partial charge in [-0.1, -0.05) is 19.1 Å². The molecule has 1 aliphatic rings. The van der Waals surface area contributed by atoms with Gasteiger partial charge in [-0.25, -0.2) is 13.4 Å². The SMILES string of the molecule is CCc1cc(=S)nc(C2CCS(=O)(=O)C2)[nH]1. The van der Waals surface area contributed by atoms with Gasteiger partial charge in [-0.2, -0.15) is 0 Å². The van der Waals surface area contributed by atoms with Gasteiger partial charge < -0.3 is 4.98 Å². The van der Waals surface area contributed by atoms with Gasteiger partial charge in [0.2, 0.25) is 0 Å². The van der Waals surface area contributed by atoms with Gasteiger partial charge in [0, 0.05) is 11.6 Å². The molecule has 2 rings (SSSR count). The highest BCUT2D eigenvalue weighted by molar-refractivity contribution is 7.91. The topological polar surface area (TPSA) is 62.8 Å². The van der Waals surface area contributed by atoms with Gasteiger partial charge in [-0.15, -0.1) is 0 Å². The molecular weight excluding hydrogens is 244 g/mol. The van der Waals surface area contributed by atoms with Crippen LogP contribution in [0.1, 0.15) is 30.8 Å². The van der Waals surface area contributed by atoms with Crippen LogP contribution < -0.4 is 0 Å². The molecule has 0 amide bonds. The van der Waals surface area contributed by atoms with Crippen LogP contribution in [-0.4, -0.2) is 29.9 Å². The van der Waals surface area contributed by atoms with Crippen molar-refractivity contribution in [1.82, 2.24) is 9.97 Å². The first-order valence-electron chi connectivity index (χ1n) is 5.31. The summed E-state index contributed by atoms with van der Waals surface area (Å²) in [5, 5.41) is 0. The number of aromatic amines is 1. The van der Waals surface area contributed by atoms with E-state index in [9.17, 15) is 8.42 Å². The average Bonchev–Trinajstić information content (AvgIpc) is 2.58. The Morgan fingerprint density at radius 2 is 2.38 bits per heavy atom. The predicted molar refractivity (Wildman–Crippen MR) is 64.8 cm³/mol. The summed E-state index contributed by atoms with van der Waals surface area (Å²) in [7, 11) is -2.87. The Kier molecular flexibility index (Phi) is 3.12. The van der Waals surface area contributed by atoms with E-state index in [2.05, 4.69) is 9.97 Å². The van der Waals surface area contributed by atoms with Crippen molar-refractivity contribution in [2.45, 2.75) is 25.7 Å². The first-order chi connectivity index (χ1) is 7.50. The largest absolute Gasteiger partial charge is 0.347 e. The molecule has 2 heterocycles. The van der Waals surface area contributed by atoms with Gasteiger partial charge >= 0.3 is 0 Å². The van der Waals surface area contributed by atoms with Crippen LogP contribution in [0.25, 0.3) is 0 Å². The van der Waals surface area contributed by atoms with E-state index in [1.807, 2.05) is 13.0 Å². The predicted octanol–water partition coefficient (Wildman–Crippen LogP) is 1.60. The minimum absolute atomic E-state index is 0.0156. The number of H-pyrrole nitrogens is 1. The lowest BCUT2D eigenvalue weighted by molar-refractivity contribution is 0.601. The molecule has 1 aromatic rings. The quantitative estimate of drug-likeness (QED) is 0.819. The molecule has 6 heteroatoms. The van der Waals surface area contributed by atoms with E-state index in [1.54, 1.807) is 0 Å². The zero-order valence-corrected chi connectivity index (χ0v) is 10.7. The third-order valence-corrected chi connectivity index (χ3v) is 4.79. The summed E-state index contributed by atoms with van der Waals surface area (Å²) in [6.07, 6.45) is 1.49. The summed E-state index contributed by atoms with van der Waals surface area (Å²) in [5.41, 5.74) is 1.01. The highest BCUT2D eigenvalue weighted by atomic mass is 32.2. The monoisotopic (exact) mass is 258 g/mol. The van der Waals surface area contributed by atoms with Gasteiger partial charge in [0.05, 0.1) is 11.5 Å². The lowest BCUT2D eigenvalue weighted by atomic mass is 10.1. The Balaban J connectivity index is 2.35. The summed E-state index contributed by atoms with van der Waals surface area (Å²) < 4.78 is 23.3. The van der Waals surface area contributed by atoms with Crippen LogP contribution in [0, 0.1) is 4.64 Å². The number of hydrogen-bond acceptors (Lipinski definition) is 4. The summed E-state index contributed by atoms with van der Waals surface area (Å²) in [5.74, 6) is 1.16. The van der Waals surface area contributed by atoms with Gasteiger partial charge in [0.1, 0.15) is 10.5 Å². The van der Waals surface area contributed by atoms with Crippen molar-refractivity contribution < 1.29 is 8.42 Å². The zero-order valence-electron chi connectivity index (χ0n) is 9.06. The van der Waals surface area contributed by atoms with E-state index in [-0.39, 0.29) is 17.4 Å². The summed E-state index contributed by atoms with van der Waals surface area (Å²) >= 11 is 5.07. The number of nitrogens with one attached hydrogen (secondary N) is 1. The highest BCUT2D eigenvalue weighted by Crippen LogP contribution is 2.26. The van der Waals surface area contributed by atoms with Crippen molar-refractivity contribution in [3.63, 3.8) is 0 Å². The minimum Gasteiger partial charge on any atom is -0.347 e. The van der Waals surface area contributed by atoms with Gasteiger partial charge in [0.15, 0.2) is 9.84 Å². The van der Waals surface area contributed by atoms with Crippen molar-refractivity contribution in [3.8, 4) is 0 Å². The molecule has 0 spiro atoms. The summed E-state index contributed by atoms with van der Waals surface area (Å²) in [6, 6.07) is 1.82. The fourth-order valence-electron chi connectivity index (χ4n) is 1.92. The van der Waals surface area contributed by atoms with Crippen molar-refractivity contribution in [3.05, 3.63) is 22.2 Å². The molecule has 1 aromatic heterocycles.